The Balaban J connectivity index is 1.22. The fraction of sp³-hybridized carbons (Fsp3) is 0.463. The minimum atomic E-state index is -1.42. The molecule has 0 aromatic heterocycles. The van der Waals surface area contributed by atoms with Gasteiger partial charge in [-0.2, -0.15) is 0 Å². The third kappa shape index (κ3) is 17.0. The van der Waals surface area contributed by atoms with Crippen molar-refractivity contribution in [2.45, 2.75) is 77.2 Å². The average molecular weight is 1090 g/mol. The Morgan fingerprint density at radius 2 is 1.21 bits per heavy atom. The van der Waals surface area contributed by atoms with Crippen molar-refractivity contribution in [2.75, 3.05) is 96.6 Å². The van der Waals surface area contributed by atoms with Crippen molar-refractivity contribution in [3.05, 3.63) is 89.5 Å². The SMILES string of the molecule is C=C1C[C@@H](CO)N(C(=O)c2cc(OC)c(OCCCOc3cc(NC(=O)OCc4ccc(NC(=O)[C@H](C)NC(=O)[C@@H](NC(=O)CCOCCOC)C(C)C)cc4)c(C(=O)N4CC(=C)C[C@H]4CO)cc3OC)cc2NC(=O)O)C1. The summed E-state index contributed by atoms with van der Waals surface area (Å²) in [7, 11) is 4.27. The van der Waals surface area contributed by atoms with Crippen LogP contribution in [-0.4, -0.2) is 172 Å². The summed E-state index contributed by atoms with van der Waals surface area (Å²) in [6.07, 6.45) is -1.31. The number of ether oxygens (including phenoxy) is 7. The molecule has 0 spiro atoms. The van der Waals surface area contributed by atoms with Crippen molar-refractivity contribution in [1.82, 2.24) is 20.4 Å². The maximum absolute atomic E-state index is 14.1. The fourth-order valence-corrected chi connectivity index (χ4v) is 8.42. The van der Waals surface area contributed by atoms with Crippen LogP contribution in [-0.2, 0) is 35.2 Å². The maximum Gasteiger partial charge on any atom is 0.411 e. The highest BCUT2D eigenvalue weighted by Gasteiger charge is 2.35. The van der Waals surface area contributed by atoms with Gasteiger partial charge in [-0.15, -0.1) is 0 Å². The van der Waals surface area contributed by atoms with Gasteiger partial charge in [0.05, 0.1) is 95.1 Å². The smallest absolute Gasteiger partial charge is 0.411 e. The van der Waals surface area contributed by atoms with Gasteiger partial charge in [0.15, 0.2) is 23.0 Å². The summed E-state index contributed by atoms with van der Waals surface area (Å²) in [6.45, 7) is 13.3. The van der Waals surface area contributed by atoms with Crippen LogP contribution < -0.4 is 45.5 Å². The van der Waals surface area contributed by atoms with Crippen LogP contribution in [0.1, 0.15) is 72.7 Å². The zero-order valence-corrected chi connectivity index (χ0v) is 44.8. The van der Waals surface area contributed by atoms with E-state index >= 15 is 0 Å². The Morgan fingerprint density at radius 3 is 1.69 bits per heavy atom. The molecule has 0 radical (unpaired) electrons. The Labute approximate surface area is 452 Å². The van der Waals surface area contributed by atoms with Crippen LogP contribution in [0.3, 0.4) is 0 Å². The molecule has 2 aliphatic rings. The van der Waals surface area contributed by atoms with Crippen molar-refractivity contribution >= 4 is 58.8 Å². The molecule has 2 aliphatic heterocycles. The highest BCUT2D eigenvalue weighted by Crippen LogP contribution is 2.38. The molecular weight excluding hydrogens is 1020 g/mol. The second-order valence-electron chi connectivity index (χ2n) is 18.8. The average Bonchev–Trinajstić information content (AvgIpc) is 4.00. The van der Waals surface area contributed by atoms with E-state index in [-0.39, 0.29) is 123 Å². The van der Waals surface area contributed by atoms with Gasteiger partial charge in [0, 0.05) is 50.9 Å². The number of anilines is 3. The minimum absolute atomic E-state index is 0.00191. The van der Waals surface area contributed by atoms with Crippen LogP contribution in [0.15, 0.2) is 72.8 Å². The second kappa shape index (κ2) is 29.5. The Bertz CT molecular complexity index is 2650. The maximum atomic E-state index is 14.1. The van der Waals surface area contributed by atoms with E-state index < -0.39 is 60.0 Å². The summed E-state index contributed by atoms with van der Waals surface area (Å²) in [6, 6.07) is 8.91. The standard InChI is InChI=1S/C54H71N7O17/c1-31(2)48(59-47(64)14-17-75-19-18-72-6)50(66)55-34(5)49(65)56-36-12-10-35(11-13-36)30-78-54(71)58-42-25-46(44(74-8)23-40(42)52(68)61-27-33(4)21-38(61)29-63)77-16-9-15-76-45-24-41(57-53(69)70)39(22-43(45)73-7)51(67)60-26-32(3)20-37(60)28-62/h10-13,22-25,31,34,37-38,48,57,62-63H,3-4,9,14-21,26-30H2,1-2,5-8H3,(H,55,66)(H,56,65)(H,58,71)(H,59,64)(H,69,70)/t34-,37-,38-,48-/m0/s1. The Morgan fingerprint density at radius 1 is 0.667 bits per heavy atom. The first kappa shape index (κ1) is 60.9. The lowest BCUT2D eigenvalue weighted by atomic mass is 10.0. The van der Waals surface area contributed by atoms with Crippen molar-refractivity contribution in [1.29, 1.82) is 0 Å². The van der Waals surface area contributed by atoms with E-state index in [0.29, 0.717) is 37.3 Å². The molecule has 3 aromatic carbocycles. The minimum Gasteiger partial charge on any atom is -0.493 e. The van der Waals surface area contributed by atoms with E-state index in [2.05, 4.69) is 39.7 Å². The quantitative estimate of drug-likeness (QED) is 0.0365. The highest BCUT2D eigenvalue weighted by molar-refractivity contribution is 6.05. The molecule has 0 saturated carbocycles. The first-order valence-electron chi connectivity index (χ1n) is 25.2. The van der Waals surface area contributed by atoms with E-state index in [0.717, 1.165) is 11.1 Å². The monoisotopic (exact) mass is 1090 g/mol. The molecule has 78 heavy (non-hydrogen) atoms. The van der Waals surface area contributed by atoms with Gasteiger partial charge in [0.2, 0.25) is 17.7 Å². The van der Waals surface area contributed by atoms with Gasteiger partial charge in [0.1, 0.15) is 18.7 Å². The van der Waals surface area contributed by atoms with Gasteiger partial charge < -0.3 is 74.2 Å². The largest absolute Gasteiger partial charge is 0.493 e. The van der Waals surface area contributed by atoms with Crippen LogP contribution >= 0.6 is 0 Å². The summed E-state index contributed by atoms with van der Waals surface area (Å²) in [4.78, 5) is 94.6. The first-order valence-corrected chi connectivity index (χ1v) is 25.2. The molecule has 2 fully saturated rings. The van der Waals surface area contributed by atoms with E-state index in [1.807, 2.05) is 0 Å². The number of aliphatic hydroxyl groups is 2. The molecule has 7 amide bonds. The zero-order valence-electron chi connectivity index (χ0n) is 44.8. The number of methoxy groups -OCH3 is 3. The molecule has 4 atom stereocenters. The number of amides is 7. The van der Waals surface area contributed by atoms with Crippen LogP contribution in [0.2, 0.25) is 0 Å². The summed E-state index contributed by atoms with van der Waals surface area (Å²) in [5.41, 5.74) is 2.30. The van der Waals surface area contributed by atoms with Gasteiger partial charge in [-0.1, -0.05) is 50.3 Å². The molecule has 24 nitrogen and oxygen atoms in total. The van der Waals surface area contributed by atoms with Crippen LogP contribution in [0.4, 0.5) is 26.7 Å². The molecule has 5 rings (SSSR count). The number of carbonyl (C=O) groups is 7. The molecule has 24 heteroatoms. The lowest BCUT2D eigenvalue weighted by Crippen LogP contribution is -2.53. The number of carbonyl (C=O) groups excluding carboxylic acids is 6. The molecule has 0 unspecified atom stereocenters. The van der Waals surface area contributed by atoms with Crippen molar-refractivity contribution in [2.24, 2.45) is 5.92 Å². The molecule has 8 N–H and O–H groups in total. The van der Waals surface area contributed by atoms with E-state index in [1.165, 1.54) is 62.3 Å². The Hall–Kier alpha value is -7.93. The van der Waals surface area contributed by atoms with Crippen molar-refractivity contribution in [3.63, 3.8) is 0 Å². The number of hydrogen-bond donors (Lipinski definition) is 8. The molecule has 2 heterocycles. The zero-order chi connectivity index (χ0) is 57.1. The summed E-state index contributed by atoms with van der Waals surface area (Å²) >= 11 is 0. The second-order valence-corrected chi connectivity index (χ2v) is 18.8. The van der Waals surface area contributed by atoms with Crippen LogP contribution in [0, 0.1) is 5.92 Å². The third-order valence-corrected chi connectivity index (χ3v) is 12.5. The molecule has 2 saturated heterocycles. The number of nitrogens with one attached hydrogen (secondary N) is 5. The summed E-state index contributed by atoms with van der Waals surface area (Å²) < 4.78 is 39.0. The van der Waals surface area contributed by atoms with Crippen molar-refractivity contribution in [3.8, 4) is 23.0 Å². The molecular formula is C54H71N7O17. The Kier molecular flexibility index (Phi) is 23.1. The molecule has 424 valence electrons. The van der Waals surface area contributed by atoms with Crippen LogP contribution in [0.25, 0.3) is 0 Å². The molecule has 3 aromatic rings. The van der Waals surface area contributed by atoms with Crippen LogP contribution in [0.5, 0.6) is 23.0 Å². The van der Waals surface area contributed by atoms with Crippen molar-refractivity contribution < 1.29 is 82.0 Å². The predicted molar refractivity (Wildman–Crippen MR) is 285 cm³/mol. The lowest BCUT2D eigenvalue weighted by Gasteiger charge is -2.25. The predicted octanol–water partition coefficient (Wildman–Crippen LogP) is 4.55. The third-order valence-electron chi connectivity index (χ3n) is 12.5. The number of hydrogen-bond acceptors (Lipinski definition) is 16. The number of rotatable bonds is 28. The lowest BCUT2D eigenvalue weighted by molar-refractivity contribution is -0.132. The molecule has 0 bridgehead atoms. The highest BCUT2D eigenvalue weighted by atomic mass is 16.6. The summed E-state index contributed by atoms with van der Waals surface area (Å²) in [5.74, 6) is -2.27. The van der Waals surface area contributed by atoms with Gasteiger partial charge >= 0.3 is 12.2 Å². The topological polar surface area (TPSA) is 311 Å². The number of likely N-dealkylation sites (tertiary alicyclic amines) is 2. The molecule has 0 aliphatic carbocycles. The number of nitrogens with zero attached hydrogens (tertiary/aromatic N) is 2. The number of benzene rings is 3. The normalized spacial score (nSPS) is 15.8. The van der Waals surface area contributed by atoms with Gasteiger partial charge in [0.25, 0.3) is 11.8 Å². The fourth-order valence-electron chi connectivity index (χ4n) is 8.42. The van der Waals surface area contributed by atoms with E-state index in [1.54, 1.807) is 38.1 Å². The van der Waals surface area contributed by atoms with E-state index in [9.17, 15) is 48.9 Å². The van der Waals surface area contributed by atoms with E-state index in [4.69, 9.17) is 33.2 Å². The van der Waals surface area contributed by atoms with Gasteiger partial charge in [-0.3, -0.25) is 34.6 Å². The van der Waals surface area contributed by atoms with Gasteiger partial charge in [-0.25, -0.2) is 9.59 Å². The number of carboxylic acid groups (broad SMARTS) is 1. The van der Waals surface area contributed by atoms with Gasteiger partial charge in [-0.05, 0) is 55.5 Å². The number of aliphatic hydroxyl groups excluding tert-OH is 2. The first-order chi connectivity index (χ1) is 37.3. The summed E-state index contributed by atoms with van der Waals surface area (Å²) in [5, 5.41) is 42.5.